The van der Waals surface area contributed by atoms with E-state index in [0.717, 1.165) is 12.0 Å². The number of benzene rings is 1. The van der Waals surface area contributed by atoms with Crippen LogP contribution in [0.2, 0.25) is 0 Å². The predicted octanol–water partition coefficient (Wildman–Crippen LogP) is 2.86. The minimum Gasteiger partial charge on any atom is -0.322 e. The van der Waals surface area contributed by atoms with Crippen LogP contribution in [0.15, 0.2) is 18.2 Å². The average molecular weight is 238 g/mol. The van der Waals surface area contributed by atoms with E-state index < -0.39 is 0 Å². The number of nitrogens with zero attached hydrogens (tertiary/aromatic N) is 1. The molecular weight excluding hydrogens is 215 g/mol. The molecule has 0 radical (unpaired) electrons. The fourth-order valence-electron chi connectivity index (χ4n) is 1.98. The Labute approximate surface area is 104 Å². The molecule has 0 aliphatic rings. The number of likely N-dealkylation sites (N-methyl/N-ethyl adjacent to an activating group) is 1. The van der Waals surface area contributed by atoms with Crippen molar-refractivity contribution in [2.45, 2.75) is 38.8 Å². The van der Waals surface area contributed by atoms with Gasteiger partial charge in [-0.15, -0.1) is 0 Å². The van der Waals surface area contributed by atoms with Crippen molar-refractivity contribution in [1.29, 1.82) is 0 Å². The zero-order valence-corrected chi connectivity index (χ0v) is 11.4. The lowest BCUT2D eigenvalue weighted by Gasteiger charge is -2.41. The first-order chi connectivity index (χ1) is 7.82. The topological polar surface area (TPSA) is 29.3 Å². The average Bonchev–Trinajstić information content (AvgIpc) is 2.30. The van der Waals surface area contributed by atoms with Crippen LogP contribution in [0.3, 0.4) is 0 Å². The molecule has 1 aromatic rings. The molecule has 2 nitrogen and oxygen atoms in total. The van der Waals surface area contributed by atoms with Crippen molar-refractivity contribution < 1.29 is 4.39 Å². The minimum absolute atomic E-state index is 0.165. The summed E-state index contributed by atoms with van der Waals surface area (Å²) < 4.78 is 13.6. The molecule has 2 N–H and O–H groups in total. The van der Waals surface area contributed by atoms with Crippen molar-refractivity contribution in [2.75, 3.05) is 14.1 Å². The molecule has 2 atom stereocenters. The zero-order chi connectivity index (χ0) is 13.2. The number of hydrogen-bond acceptors (Lipinski definition) is 2. The van der Waals surface area contributed by atoms with Gasteiger partial charge in [-0.3, -0.25) is 0 Å². The lowest BCUT2D eigenvalue weighted by atomic mass is 9.84. The maximum absolute atomic E-state index is 13.6. The zero-order valence-electron chi connectivity index (χ0n) is 11.4. The van der Waals surface area contributed by atoms with Crippen molar-refractivity contribution in [3.8, 4) is 0 Å². The smallest absolute Gasteiger partial charge is 0.126 e. The maximum Gasteiger partial charge on any atom is 0.126 e. The molecule has 0 bridgehead atoms. The van der Waals surface area contributed by atoms with Crippen molar-refractivity contribution in [3.63, 3.8) is 0 Å². The Kier molecular flexibility index (Phi) is 4.28. The third-order valence-corrected chi connectivity index (χ3v) is 3.96. The normalized spacial score (nSPS) is 16.9. The van der Waals surface area contributed by atoms with Gasteiger partial charge in [-0.25, -0.2) is 4.39 Å². The summed E-state index contributed by atoms with van der Waals surface area (Å²) in [5.74, 6) is -0.185. The highest BCUT2D eigenvalue weighted by molar-refractivity contribution is 5.27. The maximum atomic E-state index is 13.6. The van der Waals surface area contributed by atoms with Gasteiger partial charge >= 0.3 is 0 Å². The first-order valence-corrected chi connectivity index (χ1v) is 6.02. The number of rotatable bonds is 4. The summed E-state index contributed by atoms with van der Waals surface area (Å²) in [6.45, 7) is 5.97. The second-order valence-corrected chi connectivity index (χ2v) is 5.09. The summed E-state index contributed by atoms with van der Waals surface area (Å²) in [6.07, 6.45) is 0.913. The van der Waals surface area contributed by atoms with Gasteiger partial charge in [0.25, 0.3) is 0 Å². The molecule has 0 saturated carbocycles. The molecule has 0 aliphatic heterocycles. The second kappa shape index (κ2) is 5.15. The molecule has 0 heterocycles. The monoisotopic (exact) mass is 238 g/mol. The Morgan fingerprint density at radius 1 is 1.41 bits per heavy atom. The molecular formula is C14H23FN2. The standard InChI is InChI=1S/C14H23FN2/c1-6-14(3,17(4)5)13(16)11-8-7-10(2)12(15)9-11/h7-9,13H,6,16H2,1-5H3. The van der Waals surface area contributed by atoms with Gasteiger partial charge in [-0.05, 0) is 51.6 Å². The fourth-order valence-corrected chi connectivity index (χ4v) is 1.98. The third kappa shape index (κ3) is 2.67. The molecule has 0 fully saturated rings. The molecule has 0 saturated heterocycles. The van der Waals surface area contributed by atoms with Crippen molar-refractivity contribution in [2.24, 2.45) is 5.73 Å². The van der Waals surface area contributed by atoms with Crippen LogP contribution in [0.1, 0.15) is 37.4 Å². The fraction of sp³-hybridized carbons (Fsp3) is 0.571. The highest BCUT2D eigenvalue weighted by Crippen LogP contribution is 2.31. The Morgan fingerprint density at radius 3 is 2.41 bits per heavy atom. The van der Waals surface area contributed by atoms with Crippen LogP contribution in [-0.2, 0) is 0 Å². The van der Waals surface area contributed by atoms with Crippen LogP contribution in [0, 0.1) is 12.7 Å². The Hall–Kier alpha value is -0.930. The van der Waals surface area contributed by atoms with Gasteiger partial charge in [-0.1, -0.05) is 19.1 Å². The van der Waals surface area contributed by atoms with E-state index in [1.807, 2.05) is 20.2 Å². The van der Waals surface area contributed by atoms with E-state index >= 15 is 0 Å². The molecule has 0 aromatic heterocycles. The van der Waals surface area contributed by atoms with Gasteiger partial charge in [0.15, 0.2) is 0 Å². The highest BCUT2D eigenvalue weighted by atomic mass is 19.1. The van der Waals surface area contributed by atoms with Gasteiger partial charge in [0, 0.05) is 11.6 Å². The van der Waals surface area contributed by atoms with Crippen molar-refractivity contribution in [1.82, 2.24) is 4.90 Å². The van der Waals surface area contributed by atoms with Crippen LogP contribution in [0.5, 0.6) is 0 Å². The van der Waals surface area contributed by atoms with Crippen LogP contribution in [-0.4, -0.2) is 24.5 Å². The highest BCUT2D eigenvalue weighted by Gasteiger charge is 2.33. The summed E-state index contributed by atoms with van der Waals surface area (Å²) in [6, 6.07) is 5.06. The van der Waals surface area contributed by atoms with Crippen molar-refractivity contribution in [3.05, 3.63) is 35.1 Å². The summed E-state index contributed by atoms with van der Waals surface area (Å²) in [5, 5.41) is 0. The molecule has 0 amide bonds. The van der Waals surface area contributed by atoms with Crippen LogP contribution in [0.25, 0.3) is 0 Å². The van der Waals surface area contributed by atoms with Gasteiger partial charge in [0.05, 0.1) is 0 Å². The van der Waals surface area contributed by atoms with E-state index in [4.69, 9.17) is 5.73 Å². The van der Waals surface area contributed by atoms with Crippen LogP contribution < -0.4 is 5.73 Å². The van der Waals surface area contributed by atoms with Gasteiger partial charge < -0.3 is 10.6 Å². The molecule has 3 heteroatoms. The van der Waals surface area contributed by atoms with E-state index in [1.54, 1.807) is 19.1 Å². The predicted molar refractivity (Wildman–Crippen MR) is 70.4 cm³/mol. The third-order valence-electron chi connectivity index (χ3n) is 3.96. The summed E-state index contributed by atoms with van der Waals surface area (Å²) in [5.41, 5.74) is 7.64. The van der Waals surface area contributed by atoms with E-state index in [1.165, 1.54) is 0 Å². The van der Waals surface area contributed by atoms with Gasteiger partial charge in [0.2, 0.25) is 0 Å². The van der Waals surface area contributed by atoms with Crippen LogP contribution in [0.4, 0.5) is 4.39 Å². The summed E-state index contributed by atoms with van der Waals surface area (Å²) >= 11 is 0. The second-order valence-electron chi connectivity index (χ2n) is 5.09. The number of nitrogens with two attached hydrogens (primary N) is 1. The lowest BCUT2D eigenvalue weighted by Crippen LogP contribution is -2.49. The Bertz CT molecular complexity index is 390. The van der Waals surface area contributed by atoms with E-state index in [9.17, 15) is 4.39 Å². The Morgan fingerprint density at radius 2 is 2.00 bits per heavy atom. The van der Waals surface area contributed by atoms with E-state index in [0.29, 0.717) is 5.56 Å². The molecule has 0 spiro atoms. The molecule has 0 aliphatic carbocycles. The molecule has 1 aromatic carbocycles. The number of halogens is 1. The molecule has 2 unspecified atom stereocenters. The summed E-state index contributed by atoms with van der Waals surface area (Å²) in [4.78, 5) is 2.11. The molecule has 1 rings (SSSR count). The van der Waals surface area contributed by atoms with Crippen molar-refractivity contribution >= 4 is 0 Å². The lowest BCUT2D eigenvalue weighted by molar-refractivity contribution is 0.132. The largest absolute Gasteiger partial charge is 0.322 e. The molecule has 17 heavy (non-hydrogen) atoms. The van der Waals surface area contributed by atoms with Gasteiger partial charge in [-0.2, -0.15) is 0 Å². The molecule has 96 valence electrons. The quantitative estimate of drug-likeness (QED) is 0.874. The van der Waals surface area contributed by atoms with E-state index in [-0.39, 0.29) is 17.4 Å². The van der Waals surface area contributed by atoms with E-state index in [2.05, 4.69) is 18.7 Å². The summed E-state index contributed by atoms with van der Waals surface area (Å²) in [7, 11) is 4.02. The minimum atomic E-state index is -0.197. The van der Waals surface area contributed by atoms with Crippen LogP contribution >= 0.6 is 0 Å². The number of hydrogen-bond donors (Lipinski definition) is 1. The first-order valence-electron chi connectivity index (χ1n) is 6.02. The SMILES string of the molecule is CCC(C)(C(N)c1ccc(C)c(F)c1)N(C)C. The first kappa shape index (κ1) is 14.1. The van der Waals surface area contributed by atoms with Gasteiger partial charge in [0.1, 0.15) is 5.82 Å². The Balaban J connectivity index is 3.10. The number of aryl methyl sites for hydroxylation is 1.